The molecule has 1 heterocycles. The van der Waals surface area contributed by atoms with E-state index < -0.39 is 16.2 Å². The first-order valence-electron chi connectivity index (χ1n) is 11.1. The Balaban J connectivity index is 1.79. The van der Waals surface area contributed by atoms with E-state index in [1.807, 2.05) is 6.92 Å². The number of ether oxygens (including phenoxy) is 7. The predicted octanol–water partition coefficient (Wildman–Crippen LogP) is 1.20. The molecule has 10 nitrogen and oxygen atoms in total. The van der Waals surface area contributed by atoms with E-state index in [0.29, 0.717) is 72.7 Å². The van der Waals surface area contributed by atoms with E-state index in [4.69, 9.17) is 37.3 Å². The summed E-state index contributed by atoms with van der Waals surface area (Å²) in [6.45, 7) is 6.93. The van der Waals surface area contributed by atoms with Crippen LogP contribution < -0.4 is 0 Å². The third-order valence-electron chi connectivity index (χ3n) is 4.46. The molecule has 0 spiro atoms. The topological polar surface area (TPSA) is 108 Å². The van der Waals surface area contributed by atoms with Gasteiger partial charge in [0.05, 0.1) is 97.4 Å². The first-order valence-corrected chi connectivity index (χ1v) is 12.5. The van der Waals surface area contributed by atoms with Gasteiger partial charge in [0, 0.05) is 0 Å². The molecule has 1 fully saturated rings. The highest BCUT2D eigenvalue weighted by Gasteiger charge is 2.19. The highest BCUT2D eigenvalue weighted by atomic mass is 32.2. The third-order valence-corrected chi connectivity index (χ3v) is 5.76. The molecule has 0 saturated carbocycles. The van der Waals surface area contributed by atoms with Gasteiger partial charge in [0.15, 0.2) is 0 Å². The fourth-order valence-corrected chi connectivity index (χ4v) is 3.61. The van der Waals surface area contributed by atoms with Gasteiger partial charge in [0.25, 0.3) is 10.1 Å². The summed E-state index contributed by atoms with van der Waals surface area (Å²) in [5, 5.41) is 0. The molecule has 0 radical (unpaired) electrons. The van der Waals surface area contributed by atoms with Gasteiger partial charge in [0.1, 0.15) is 6.10 Å². The second-order valence-corrected chi connectivity index (χ2v) is 8.80. The van der Waals surface area contributed by atoms with Crippen LogP contribution in [0.4, 0.5) is 0 Å². The van der Waals surface area contributed by atoms with Crippen LogP contribution in [0.5, 0.6) is 0 Å². The standard InChI is InChI=1S/C22H36O10S/c1-20-2-4-22(5-3-20)33(23,24)32-19-21-18-30-15-14-28-11-10-26-7-6-25-8-9-27-12-13-29-16-17-31-21/h2-5,21H,6-19H2,1H3. The molecule has 0 aromatic heterocycles. The van der Waals surface area contributed by atoms with Crippen molar-refractivity contribution in [3.05, 3.63) is 29.8 Å². The lowest BCUT2D eigenvalue weighted by Gasteiger charge is -2.18. The lowest BCUT2D eigenvalue weighted by molar-refractivity contribution is -0.0656. The van der Waals surface area contributed by atoms with Crippen molar-refractivity contribution in [2.45, 2.75) is 17.9 Å². The number of rotatable bonds is 4. The molecule has 11 heteroatoms. The molecule has 190 valence electrons. The SMILES string of the molecule is Cc1ccc(S(=O)(=O)OCC2COCCOCCOCCOCCOCCOCCO2)cc1. The number of benzene rings is 1. The highest BCUT2D eigenvalue weighted by molar-refractivity contribution is 7.86. The summed E-state index contributed by atoms with van der Waals surface area (Å²) in [5.74, 6) is 0. The zero-order valence-electron chi connectivity index (χ0n) is 19.3. The van der Waals surface area contributed by atoms with E-state index in [-0.39, 0.29) is 24.7 Å². The average Bonchev–Trinajstić information content (AvgIpc) is 2.80. The second kappa shape index (κ2) is 17.3. The van der Waals surface area contributed by atoms with Gasteiger partial charge in [-0.25, -0.2) is 0 Å². The summed E-state index contributed by atoms with van der Waals surface area (Å²) >= 11 is 0. The van der Waals surface area contributed by atoms with E-state index in [9.17, 15) is 8.42 Å². The zero-order chi connectivity index (χ0) is 23.6. The number of hydrogen-bond donors (Lipinski definition) is 0. The fraction of sp³-hybridized carbons (Fsp3) is 0.727. The van der Waals surface area contributed by atoms with Crippen LogP contribution in [-0.2, 0) is 47.5 Å². The van der Waals surface area contributed by atoms with Gasteiger partial charge in [-0.2, -0.15) is 8.42 Å². The molecular formula is C22H36O10S. The van der Waals surface area contributed by atoms with Gasteiger partial charge in [0.2, 0.25) is 0 Å². The number of aryl methyl sites for hydroxylation is 1. The molecular weight excluding hydrogens is 456 g/mol. The van der Waals surface area contributed by atoms with E-state index >= 15 is 0 Å². The Morgan fingerprint density at radius 2 is 1.12 bits per heavy atom. The Labute approximate surface area is 196 Å². The molecule has 0 aliphatic carbocycles. The minimum atomic E-state index is -3.90. The molecule has 1 aliphatic rings. The Morgan fingerprint density at radius 1 is 0.697 bits per heavy atom. The predicted molar refractivity (Wildman–Crippen MR) is 119 cm³/mol. The molecule has 1 atom stereocenters. The summed E-state index contributed by atoms with van der Waals surface area (Å²) in [4.78, 5) is 0.0982. The maximum absolute atomic E-state index is 12.5. The lowest BCUT2D eigenvalue weighted by Crippen LogP contribution is -2.29. The molecule has 0 N–H and O–H groups in total. The molecule has 33 heavy (non-hydrogen) atoms. The molecule has 0 amide bonds. The minimum Gasteiger partial charge on any atom is -0.377 e. The number of hydrogen-bond acceptors (Lipinski definition) is 10. The van der Waals surface area contributed by atoms with Crippen LogP contribution in [0.25, 0.3) is 0 Å². The summed E-state index contributed by atoms with van der Waals surface area (Å²) < 4.78 is 68.6. The molecule has 0 bridgehead atoms. The largest absolute Gasteiger partial charge is 0.377 e. The van der Waals surface area contributed by atoms with Gasteiger partial charge in [-0.1, -0.05) is 17.7 Å². The molecule has 1 aromatic carbocycles. The van der Waals surface area contributed by atoms with Crippen molar-refractivity contribution in [1.82, 2.24) is 0 Å². The fourth-order valence-electron chi connectivity index (χ4n) is 2.67. The van der Waals surface area contributed by atoms with Crippen LogP contribution in [0, 0.1) is 6.92 Å². The second-order valence-electron chi connectivity index (χ2n) is 7.18. The monoisotopic (exact) mass is 492 g/mol. The van der Waals surface area contributed by atoms with E-state index in [0.717, 1.165) is 5.56 Å². The quantitative estimate of drug-likeness (QED) is 0.569. The Morgan fingerprint density at radius 3 is 1.61 bits per heavy atom. The summed E-state index contributed by atoms with van der Waals surface area (Å²) in [6.07, 6.45) is -0.584. The van der Waals surface area contributed by atoms with E-state index in [1.54, 1.807) is 12.1 Å². The van der Waals surface area contributed by atoms with E-state index in [2.05, 4.69) is 0 Å². The van der Waals surface area contributed by atoms with Crippen LogP contribution in [0.3, 0.4) is 0 Å². The zero-order valence-corrected chi connectivity index (χ0v) is 20.1. The van der Waals surface area contributed by atoms with Gasteiger partial charge in [-0.05, 0) is 19.1 Å². The van der Waals surface area contributed by atoms with Crippen molar-refractivity contribution in [2.75, 3.05) is 92.5 Å². The summed E-state index contributed by atoms with van der Waals surface area (Å²) in [7, 11) is -3.90. The van der Waals surface area contributed by atoms with Gasteiger partial charge < -0.3 is 33.2 Å². The van der Waals surface area contributed by atoms with E-state index in [1.165, 1.54) is 12.1 Å². The molecule has 1 aliphatic heterocycles. The van der Waals surface area contributed by atoms with Gasteiger partial charge in [-0.15, -0.1) is 0 Å². The van der Waals surface area contributed by atoms with Crippen molar-refractivity contribution >= 4 is 10.1 Å². The summed E-state index contributed by atoms with van der Waals surface area (Å²) in [5.41, 5.74) is 0.962. The molecule has 1 saturated heterocycles. The Hall–Kier alpha value is -1.15. The molecule has 2 rings (SSSR count). The Bertz CT molecular complexity index is 688. The molecule has 1 aromatic rings. The third kappa shape index (κ3) is 13.4. The van der Waals surface area contributed by atoms with Crippen LogP contribution in [0.2, 0.25) is 0 Å². The average molecular weight is 493 g/mol. The van der Waals surface area contributed by atoms with Crippen molar-refractivity contribution in [1.29, 1.82) is 0 Å². The van der Waals surface area contributed by atoms with Crippen molar-refractivity contribution in [3.63, 3.8) is 0 Å². The van der Waals surface area contributed by atoms with Crippen LogP contribution in [-0.4, -0.2) is 107 Å². The van der Waals surface area contributed by atoms with Crippen molar-refractivity contribution < 1.29 is 45.8 Å². The smallest absolute Gasteiger partial charge is 0.297 e. The first-order chi connectivity index (χ1) is 16.1. The normalized spacial score (nSPS) is 22.3. The van der Waals surface area contributed by atoms with Gasteiger partial charge in [-0.3, -0.25) is 4.18 Å². The maximum Gasteiger partial charge on any atom is 0.297 e. The van der Waals surface area contributed by atoms with Gasteiger partial charge >= 0.3 is 0 Å². The molecule has 1 unspecified atom stereocenters. The summed E-state index contributed by atoms with van der Waals surface area (Å²) in [6, 6.07) is 6.47. The van der Waals surface area contributed by atoms with Crippen molar-refractivity contribution in [3.8, 4) is 0 Å². The van der Waals surface area contributed by atoms with Crippen molar-refractivity contribution in [2.24, 2.45) is 0 Å². The maximum atomic E-state index is 12.5. The highest BCUT2D eigenvalue weighted by Crippen LogP contribution is 2.14. The van der Waals surface area contributed by atoms with Crippen LogP contribution in [0.1, 0.15) is 5.56 Å². The van der Waals surface area contributed by atoms with Crippen LogP contribution in [0.15, 0.2) is 29.2 Å². The lowest BCUT2D eigenvalue weighted by atomic mass is 10.2. The first kappa shape index (κ1) is 28.1. The van der Waals surface area contributed by atoms with Crippen LogP contribution >= 0.6 is 0 Å². The minimum absolute atomic E-state index is 0.0982. The Kier molecular flexibility index (Phi) is 14.7.